The smallest absolute Gasteiger partial charge is 0.260 e. The van der Waals surface area contributed by atoms with Gasteiger partial charge in [-0.2, -0.15) is 15.0 Å². The summed E-state index contributed by atoms with van der Waals surface area (Å²) in [5.41, 5.74) is 2.60. The molecule has 4 aromatic rings. The van der Waals surface area contributed by atoms with Crippen LogP contribution in [0.15, 0.2) is 53.6 Å². The lowest BCUT2D eigenvalue weighted by atomic mass is 10.1. The zero-order chi connectivity index (χ0) is 23.7. The van der Waals surface area contributed by atoms with Gasteiger partial charge in [-0.05, 0) is 43.7 Å². The number of rotatable bonds is 4. The summed E-state index contributed by atoms with van der Waals surface area (Å²) >= 11 is 0. The van der Waals surface area contributed by atoms with Crippen LogP contribution in [-0.2, 0) is 0 Å². The van der Waals surface area contributed by atoms with E-state index in [1.165, 1.54) is 4.80 Å². The van der Waals surface area contributed by atoms with E-state index in [1.807, 2.05) is 34.9 Å². The Kier molecular flexibility index (Phi) is 5.70. The summed E-state index contributed by atoms with van der Waals surface area (Å²) in [7, 11) is 1.56. The Morgan fingerprint density at radius 1 is 1.03 bits per heavy atom. The number of anilines is 1. The third-order valence-electron chi connectivity index (χ3n) is 6.00. The second-order valence-electron chi connectivity index (χ2n) is 8.24. The van der Waals surface area contributed by atoms with Gasteiger partial charge in [0.15, 0.2) is 0 Å². The first kappa shape index (κ1) is 21.6. The summed E-state index contributed by atoms with van der Waals surface area (Å²) in [5.74, 6) is 1.05. The molecule has 174 valence electrons. The van der Waals surface area contributed by atoms with Crippen molar-refractivity contribution in [1.29, 1.82) is 0 Å². The van der Waals surface area contributed by atoms with E-state index in [1.54, 1.807) is 37.7 Å². The molecule has 0 radical (unpaired) electrons. The predicted molar refractivity (Wildman–Crippen MR) is 128 cm³/mol. The van der Waals surface area contributed by atoms with Crippen molar-refractivity contribution >= 4 is 22.8 Å². The molecule has 1 aliphatic heterocycles. The van der Waals surface area contributed by atoms with Crippen molar-refractivity contribution in [3.05, 3.63) is 70.3 Å². The molecule has 10 heteroatoms. The maximum Gasteiger partial charge on any atom is 0.260 e. The van der Waals surface area contributed by atoms with Crippen LogP contribution >= 0.6 is 0 Å². The average molecular weight is 460 g/mol. The van der Waals surface area contributed by atoms with E-state index < -0.39 is 0 Å². The third-order valence-corrected chi connectivity index (χ3v) is 6.00. The number of carbonyl (C=O) groups excluding carboxylic acids is 1. The molecule has 2 aromatic carbocycles. The van der Waals surface area contributed by atoms with E-state index in [0.717, 1.165) is 12.0 Å². The fourth-order valence-electron chi connectivity index (χ4n) is 4.22. The molecule has 1 fully saturated rings. The van der Waals surface area contributed by atoms with Crippen molar-refractivity contribution in [3.63, 3.8) is 0 Å². The number of fused-ring (bicyclic) bond motifs is 1. The lowest BCUT2D eigenvalue weighted by molar-refractivity contribution is 0.0766. The molecule has 10 nitrogen and oxygen atoms in total. The number of H-pyrrole nitrogens is 1. The maximum absolute atomic E-state index is 13.5. The number of ether oxygens (including phenoxy) is 1. The molecule has 0 saturated carbocycles. The van der Waals surface area contributed by atoms with Gasteiger partial charge in [0.2, 0.25) is 5.95 Å². The molecule has 1 N–H and O–H groups in total. The van der Waals surface area contributed by atoms with Crippen molar-refractivity contribution in [2.24, 2.45) is 0 Å². The van der Waals surface area contributed by atoms with Crippen LogP contribution in [-0.4, -0.2) is 69.1 Å². The number of aryl methyl sites for hydroxylation is 1. The largest absolute Gasteiger partial charge is 0.497 e. The predicted octanol–water partition coefficient (Wildman–Crippen LogP) is 2.17. The first-order chi connectivity index (χ1) is 16.5. The molecule has 1 amide bonds. The van der Waals surface area contributed by atoms with Crippen LogP contribution in [0.2, 0.25) is 0 Å². The summed E-state index contributed by atoms with van der Waals surface area (Å²) < 4.78 is 5.21. The van der Waals surface area contributed by atoms with Crippen LogP contribution in [0.1, 0.15) is 22.3 Å². The SMILES string of the molecule is COc1ccc2nc(N3CCCN(C(=O)c4cc(C)ccc4-n4nccn4)CC3)[nH]c(=O)c2c1. The number of aromatic amines is 1. The lowest BCUT2D eigenvalue weighted by Crippen LogP contribution is -2.36. The molecule has 34 heavy (non-hydrogen) atoms. The second kappa shape index (κ2) is 8.97. The number of hydrogen-bond acceptors (Lipinski definition) is 7. The van der Waals surface area contributed by atoms with Gasteiger partial charge >= 0.3 is 0 Å². The Morgan fingerprint density at radius 3 is 2.65 bits per heavy atom. The quantitative estimate of drug-likeness (QED) is 0.498. The number of aromatic nitrogens is 5. The fraction of sp³-hybridized carbons (Fsp3) is 0.292. The van der Waals surface area contributed by atoms with E-state index >= 15 is 0 Å². The van der Waals surface area contributed by atoms with Crippen molar-refractivity contribution in [2.45, 2.75) is 13.3 Å². The minimum Gasteiger partial charge on any atom is -0.497 e. The summed E-state index contributed by atoms with van der Waals surface area (Å²) in [6.07, 6.45) is 3.92. The number of carbonyl (C=O) groups is 1. The maximum atomic E-state index is 13.5. The first-order valence-corrected chi connectivity index (χ1v) is 11.1. The number of hydrogen-bond donors (Lipinski definition) is 1. The third kappa shape index (κ3) is 4.09. The molecule has 1 aliphatic rings. The highest BCUT2D eigenvalue weighted by atomic mass is 16.5. The summed E-state index contributed by atoms with van der Waals surface area (Å²) in [6.45, 7) is 4.29. The Balaban J connectivity index is 1.38. The zero-order valence-electron chi connectivity index (χ0n) is 19.1. The minimum atomic E-state index is -0.216. The molecular formula is C24H25N7O3. The standard InChI is InChI=1S/C24H25N7O3/c1-16-4-7-21(31-25-8-9-26-31)19(14-16)23(33)29-10-3-11-30(13-12-29)24-27-20-6-5-17(34-2)15-18(20)22(32)28-24/h4-9,14-15H,3,10-13H2,1-2H3,(H,27,28,32). The van der Waals surface area contributed by atoms with Gasteiger partial charge in [-0.25, -0.2) is 4.98 Å². The molecule has 0 atom stereocenters. The minimum absolute atomic E-state index is 0.0649. The van der Waals surface area contributed by atoms with E-state index in [0.29, 0.717) is 60.0 Å². The van der Waals surface area contributed by atoms with Crippen LogP contribution in [0.3, 0.4) is 0 Å². The van der Waals surface area contributed by atoms with Gasteiger partial charge in [0.1, 0.15) is 5.75 Å². The highest BCUT2D eigenvalue weighted by Crippen LogP contribution is 2.21. The van der Waals surface area contributed by atoms with Gasteiger partial charge in [-0.15, -0.1) is 0 Å². The number of nitrogens with zero attached hydrogens (tertiary/aromatic N) is 6. The molecule has 5 rings (SSSR count). The number of benzene rings is 2. The highest BCUT2D eigenvalue weighted by molar-refractivity contribution is 5.98. The number of amides is 1. The Labute approximate surface area is 195 Å². The van der Waals surface area contributed by atoms with E-state index in [-0.39, 0.29) is 11.5 Å². The van der Waals surface area contributed by atoms with Gasteiger partial charge in [0.25, 0.3) is 11.5 Å². The lowest BCUT2D eigenvalue weighted by Gasteiger charge is -2.23. The molecule has 0 aliphatic carbocycles. The number of methoxy groups -OCH3 is 1. The summed E-state index contributed by atoms with van der Waals surface area (Å²) in [6, 6.07) is 10.9. The average Bonchev–Trinajstić information content (AvgIpc) is 3.27. The van der Waals surface area contributed by atoms with Crippen molar-refractivity contribution < 1.29 is 9.53 Å². The Bertz CT molecular complexity index is 1400. The monoisotopic (exact) mass is 459 g/mol. The highest BCUT2D eigenvalue weighted by Gasteiger charge is 2.24. The van der Waals surface area contributed by atoms with E-state index in [2.05, 4.69) is 20.2 Å². The van der Waals surface area contributed by atoms with Crippen LogP contribution in [0.4, 0.5) is 5.95 Å². The first-order valence-electron chi connectivity index (χ1n) is 11.1. The molecule has 0 spiro atoms. The normalized spacial score (nSPS) is 14.3. The molecule has 3 heterocycles. The molecular weight excluding hydrogens is 434 g/mol. The van der Waals surface area contributed by atoms with E-state index in [9.17, 15) is 9.59 Å². The topological polar surface area (TPSA) is 109 Å². The van der Waals surface area contributed by atoms with Crippen LogP contribution < -0.4 is 15.2 Å². The van der Waals surface area contributed by atoms with Crippen LogP contribution in [0.25, 0.3) is 16.6 Å². The summed E-state index contributed by atoms with van der Waals surface area (Å²) in [5, 5.41) is 8.87. The van der Waals surface area contributed by atoms with Crippen molar-refractivity contribution in [2.75, 3.05) is 38.2 Å². The van der Waals surface area contributed by atoms with Gasteiger partial charge in [0.05, 0.1) is 41.7 Å². The zero-order valence-corrected chi connectivity index (χ0v) is 19.1. The van der Waals surface area contributed by atoms with Gasteiger partial charge in [-0.3, -0.25) is 14.6 Å². The molecule has 0 bridgehead atoms. The van der Waals surface area contributed by atoms with Gasteiger partial charge < -0.3 is 14.5 Å². The van der Waals surface area contributed by atoms with Crippen molar-refractivity contribution in [3.8, 4) is 11.4 Å². The number of nitrogens with one attached hydrogen (secondary N) is 1. The second-order valence-corrected chi connectivity index (χ2v) is 8.24. The molecule has 1 saturated heterocycles. The summed E-state index contributed by atoms with van der Waals surface area (Å²) in [4.78, 5) is 39.1. The molecule has 2 aromatic heterocycles. The fourth-order valence-corrected chi connectivity index (χ4v) is 4.22. The van der Waals surface area contributed by atoms with E-state index in [4.69, 9.17) is 4.74 Å². The van der Waals surface area contributed by atoms with Crippen LogP contribution in [0.5, 0.6) is 5.75 Å². The Hall–Kier alpha value is -4.21. The van der Waals surface area contributed by atoms with Gasteiger partial charge in [-0.1, -0.05) is 11.6 Å². The van der Waals surface area contributed by atoms with Gasteiger partial charge in [0, 0.05) is 26.2 Å². The van der Waals surface area contributed by atoms with Crippen molar-refractivity contribution in [1.82, 2.24) is 29.9 Å². The molecule has 0 unspecified atom stereocenters. The van der Waals surface area contributed by atoms with Crippen LogP contribution in [0, 0.1) is 6.92 Å². The Morgan fingerprint density at radius 2 is 1.85 bits per heavy atom.